The predicted octanol–water partition coefficient (Wildman–Crippen LogP) is 4.93. The normalized spacial score (nSPS) is 38.2. The van der Waals surface area contributed by atoms with Crippen molar-refractivity contribution in [2.45, 2.75) is 102 Å². The zero-order chi connectivity index (χ0) is 17.7. The van der Waals surface area contributed by atoms with E-state index in [4.69, 9.17) is 14.2 Å². The first-order chi connectivity index (χ1) is 12.7. The van der Waals surface area contributed by atoms with E-state index in [-0.39, 0.29) is 18.1 Å². The van der Waals surface area contributed by atoms with E-state index in [9.17, 15) is 4.79 Å². The molecule has 0 amide bonds. The Morgan fingerprint density at radius 1 is 1.04 bits per heavy atom. The molecule has 4 atom stereocenters. The Bertz CT molecular complexity index is 676. The number of unbranched alkanes of at least 4 members (excludes halogenated alkanes) is 3. The summed E-state index contributed by atoms with van der Waals surface area (Å²) in [6.45, 7) is 2.24. The van der Waals surface area contributed by atoms with E-state index in [0.29, 0.717) is 12.2 Å². The fourth-order valence-corrected chi connectivity index (χ4v) is 5.75. The van der Waals surface area contributed by atoms with Gasteiger partial charge in [0.1, 0.15) is 11.5 Å². The Hall–Kier alpha value is -1.13. The number of hydrogen-bond acceptors (Lipinski definition) is 4. The average Bonchev–Trinajstić information content (AvgIpc) is 2.90. The Balaban J connectivity index is 1.45. The first-order valence-electron chi connectivity index (χ1n) is 10.7. The lowest BCUT2D eigenvalue weighted by Crippen LogP contribution is -2.47. The van der Waals surface area contributed by atoms with Gasteiger partial charge in [-0.3, -0.25) is 4.79 Å². The van der Waals surface area contributed by atoms with Crippen molar-refractivity contribution in [3.63, 3.8) is 0 Å². The van der Waals surface area contributed by atoms with E-state index >= 15 is 0 Å². The van der Waals surface area contributed by atoms with E-state index < -0.39 is 5.79 Å². The van der Waals surface area contributed by atoms with Gasteiger partial charge in [0.05, 0.1) is 12.2 Å². The maximum absolute atomic E-state index is 12.7. The maximum Gasteiger partial charge on any atom is 0.195 e. The molecule has 4 heteroatoms. The van der Waals surface area contributed by atoms with Crippen molar-refractivity contribution in [3.8, 4) is 0 Å². The first-order valence-corrected chi connectivity index (χ1v) is 10.7. The van der Waals surface area contributed by atoms with Gasteiger partial charge in [0.2, 0.25) is 0 Å². The molecule has 0 aromatic rings. The van der Waals surface area contributed by atoms with Crippen LogP contribution < -0.4 is 0 Å². The largest absolute Gasteiger partial charge is 0.465 e. The summed E-state index contributed by atoms with van der Waals surface area (Å²) in [6.07, 6.45) is 12.7. The molecule has 2 saturated heterocycles. The highest BCUT2D eigenvalue weighted by atomic mass is 16.8. The molecule has 2 bridgehead atoms. The second kappa shape index (κ2) is 6.49. The molecular formula is C22H30O4. The molecule has 0 aromatic carbocycles. The van der Waals surface area contributed by atoms with Gasteiger partial charge in [-0.15, -0.1) is 0 Å². The smallest absolute Gasteiger partial charge is 0.195 e. The SMILES string of the molecule is CCCCCC[C@@H]1O[C@@]23CCCC4=C2[C@@H](CC1O3)C1=C(CCCC1=O)O4. The van der Waals surface area contributed by atoms with Crippen LogP contribution in [0.25, 0.3) is 0 Å². The third kappa shape index (κ3) is 2.52. The second-order valence-corrected chi connectivity index (χ2v) is 8.61. The summed E-state index contributed by atoms with van der Waals surface area (Å²) in [5.74, 6) is 1.89. The second-order valence-electron chi connectivity index (χ2n) is 8.61. The molecule has 0 radical (unpaired) electrons. The number of carbonyl (C=O) groups is 1. The van der Waals surface area contributed by atoms with E-state index in [1.807, 2.05) is 0 Å². The van der Waals surface area contributed by atoms with Gasteiger partial charge in [-0.1, -0.05) is 32.6 Å². The molecule has 5 rings (SSSR count). The third-order valence-corrected chi connectivity index (χ3v) is 6.88. The Morgan fingerprint density at radius 3 is 2.81 bits per heavy atom. The topological polar surface area (TPSA) is 44.8 Å². The molecule has 3 heterocycles. The Labute approximate surface area is 155 Å². The highest BCUT2D eigenvalue weighted by molar-refractivity contribution is 5.98. The highest BCUT2D eigenvalue weighted by Gasteiger charge is 2.60. The van der Waals surface area contributed by atoms with Crippen molar-refractivity contribution in [2.75, 3.05) is 0 Å². The molecule has 142 valence electrons. The minimum atomic E-state index is -0.604. The fraction of sp³-hybridized carbons (Fsp3) is 0.773. The summed E-state index contributed by atoms with van der Waals surface area (Å²) in [5, 5.41) is 0. The number of allylic oxidation sites excluding steroid dienone is 3. The number of ether oxygens (including phenoxy) is 3. The van der Waals surface area contributed by atoms with Crippen molar-refractivity contribution < 1.29 is 19.0 Å². The monoisotopic (exact) mass is 358 g/mol. The summed E-state index contributed by atoms with van der Waals surface area (Å²) in [7, 11) is 0. The van der Waals surface area contributed by atoms with Gasteiger partial charge in [0.25, 0.3) is 0 Å². The maximum atomic E-state index is 12.7. The molecular weight excluding hydrogens is 328 g/mol. The molecule has 0 N–H and O–H groups in total. The van der Waals surface area contributed by atoms with Gasteiger partial charge >= 0.3 is 0 Å². The standard InChI is InChI=1S/C22H30O4/c1-2-3-4-5-9-16-19-13-14-20-15(23)8-6-10-17(20)24-18-11-7-12-22(25-16,26-19)21(14)18/h14,16,19H,2-13H2,1H3/t14-,16-,19?,22+/m0/s1. The zero-order valence-corrected chi connectivity index (χ0v) is 15.9. The minimum absolute atomic E-state index is 0.131. The minimum Gasteiger partial charge on any atom is -0.465 e. The molecule has 1 unspecified atom stereocenters. The van der Waals surface area contributed by atoms with Gasteiger partial charge in [-0.25, -0.2) is 0 Å². The Kier molecular flexibility index (Phi) is 4.24. The van der Waals surface area contributed by atoms with Crippen LogP contribution in [-0.2, 0) is 19.0 Å². The molecule has 5 aliphatic rings. The van der Waals surface area contributed by atoms with Crippen LogP contribution >= 0.6 is 0 Å². The van der Waals surface area contributed by atoms with E-state index in [1.165, 1.54) is 31.3 Å². The van der Waals surface area contributed by atoms with Crippen molar-refractivity contribution in [3.05, 3.63) is 22.7 Å². The van der Waals surface area contributed by atoms with E-state index in [2.05, 4.69) is 6.92 Å². The highest BCUT2D eigenvalue weighted by Crippen LogP contribution is 2.58. The molecule has 4 nitrogen and oxygen atoms in total. The number of hydrogen-bond donors (Lipinski definition) is 0. The number of rotatable bonds is 5. The fourth-order valence-electron chi connectivity index (χ4n) is 5.75. The van der Waals surface area contributed by atoms with Crippen molar-refractivity contribution in [2.24, 2.45) is 5.92 Å². The number of fused-ring (bicyclic) bond motifs is 2. The van der Waals surface area contributed by atoms with Crippen LogP contribution in [0.4, 0.5) is 0 Å². The summed E-state index contributed by atoms with van der Waals surface area (Å²) >= 11 is 0. The first kappa shape index (κ1) is 17.0. The number of carbonyl (C=O) groups excluding carboxylic acids is 1. The van der Waals surface area contributed by atoms with Gasteiger partial charge in [0.15, 0.2) is 11.6 Å². The lowest BCUT2D eigenvalue weighted by Gasteiger charge is -2.46. The van der Waals surface area contributed by atoms with Crippen LogP contribution in [0, 0.1) is 5.92 Å². The molecule has 2 fully saturated rings. The summed E-state index contributed by atoms with van der Waals surface area (Å²) in [4.78, 5) is 12.7. The third-order valence-electron chi connectivity index (χ3n) is 6.88. The zero-order valence-electron chi connectivity index (χ0n) is 15.9. The molecule has 2 aliphatic carbocycles. The molecule has 26 heavy (non-hydrogen) atoms. The summed E-state index contributed by atoms with van der Waals surface area (Å²) in [6, 6.07) is 0. The van der Waals surface area contributed by atoms with E-state index in [0.717, 1.165) is 62.0 Å². The van der Waals surface area contributed by atoms with Crippen LogP contribution in [0.1, 0.15) is 84.0 Å². The number of Topliss-reactive ketones (excluding diaryl/α,β-unsaturated/α-hetero) is 1. The van der Waals surface area contributed by atoms with Gasteiger partial charge in [-0.2, -0.15) is 0 Å². The van der Waals surface area contributed by atoms with Crippen molar-refractivity contribution in [1.29, 1.82) is 0 Å². The summed E-state index contributed by atoms with van der Waals surface area (Å²) in [5.41, 5.74) is 2.13. The van der Waals surface area contributed by atoms with Crippen molar-refractivity contribution in [1.82, 2.24) is 0 Å². The van der Waals surface area contributed by atoms with Crippen LogP contribution in [0.3, 0.4) is 0 Å². The van der Waals surface area contributed by atoms with Crippen molar-refractivity contribution >= 4 is 5.78 Å². The van der Waals surface area contributed by atoms with E-state index in [1.54, 1.807) is 0 Å². The molecule has 1 spiro atoms. The lowest BCUT2D eigenvalue weighted by molar-refractivity contribution is -0.177. The lowest BCUT2D eigenvalue weighted by atomic mass is 9.71. The Morgan fingerprint density at radius 2 is 1.92 bits per heavy atom. The van der Waals surface area contributed by atoms with Gasteiger partial charge in [0, 0.05) is 42.7 Å². The van der Waals surface area contributed by atoms with Crippen LogP contribution in [0.5, 0.6) is 0 Å². The average molecular weight is 358 g/mol. The summed E-state index contributed by atoms with van der Waals surface area (Å²) < 4.78 is 19.4. The van der Waals surface area contributed by atoms with Crippen LogP contribution in [-0.4, -0.2) is 23.8 Å². The molecule has 3 aliphatic heterocycles. The number of ketones is 1. The quantitative estimate of drug-likeness (QED) is 0.654. The van der Waals surface area contributed by atoms with Crippen LogP contribution in [0.15, 0.2) is 22.7 Å². The van der Waals surface area contributed by atoms with Crippen LogP contribution in [0.2, 0.25) is 0 Å². The molecule has 0 saturated carbocycles. The van der Waals surface area contributed by atoms with Gasteiger partial charge in [-0.05, 0) is 25.7 Å². The van der Waals surface area contributed by atoms with Gasteiger partial charge < -0.3 is 14.2 Å². The molecule has 0 aromatic heterocycles. The predicted molar refractivity (Wildman–Crippen MR) is 97.2 cm³/mol.